The molecule has 0 aromatic heterocycles. The molecule has 1 fully saturated rings. The molecule has 0 spiro atoms. The van der Waals surface area contributed by atoms with Gasteiger partial charge in [-0.2, -0.15) is 0 Å². The van der Waals surface area contributed by atoms with E-state index in [0.29, 0.717) is 5.92 Å². The Morgan fingerprint density at radius 2 is 2.08 bits per heavy atom. The van der Waals surface area contributed by atoms with Crippen LogP contribution in [0.1, 0.15) is 56.2 Å². The van der Waals surface area contributed by atoms with Crippen molar-refractivity contribution in [2.75, 3.05) is 26.4 Å². The highest BCUT2D eigenvalue weighted by molar-refractivity contribution is 5.79. The number of aliphatic hydroxyl groups is 1. The van der Waals surface area contributed by atoms with Crippen LogP contribution in [0.3, 0.4) is 0 Å². The van der Waals surface area contributed by atoms with Crippen LogP contribution in [0, 0.1) is 5.92 Å². The minimum Gasteiger partial charge on any atom is -0.391 e. The van der Waals surface area contributed by atoms with Crippen LogP contribution >= 0.6 is 0 Å². The molecule has 5 heteroatoms. The Morgan fingerprint density at radius 3 is 2.85 bits per heavy atom. The molecule has 144 valence electrons. The molecule has 1 aliphatic heterocycles. The number of ether oxygens (including phenoxy) is 1. The molecule has 2 atom stereocenters. The molecule has 2 N–H and O–H groups in total. The van der Waals surface area contributed by atoms with E-state index in [9.17, 15) is 9.90 Å². The second kappa shape index (κ2) is 9.49. The number of hydrogen-bond acceptors (Lipinski definition) is 4. The maximum absolute atomic E-state index is 12.9. The van der Waals surface area contributed by atoms with Gasteiger partial charge in [0.25, 0.3) is 0 Å². The summed E-state index contributed by atoms with van der Waals surface area (Å²) < 4.78 is 5.30. The molecule has 1 aromatic carbocycles. The van der Waals surface area contributed by atoms with Crippen molar-refractivity contribution in [2.24, 2.45) is 5.92 Å². The van der Waals surface area contributed by atoms with Crippen LogP contribution in [0.2, 0.25) is 0 Å². The maximum atomic E-state index is 12.9. The lowest BCUT2D eigenvalue weighted by Gasteiger charge is -2.43. The molecule has 2 aliphatic rings. The van der Waals surface area contributed by atoms with Crippen molar-refractivity contribution in [3.05, 3.63) is 35.4 Å². The van der Waals surface area contributed by atoms with Crippen LogP contribution < -0.4 is 5.32 Å². The predicted octanol–water partition coefficient (Wildman–Crippen LogP) is 2.64. The van der Waals surface area contributed by atoms with Crippen molar-refractivity contribution < 1.29 is 14.6 Å². The highest BCUT2D eigenvalue weighted by Crippen LogP contribution is 2.41. The van der Waals surface area contributed by atoms with Gasteiger partial charge in [0.05, 0.1) is 32.0 Å². The van der Waals surface area contributed by atoms with Crippen LogP contribution in [0.15, 0.2) is 24.3 Å². The third kappa shape index (κ3) is 4.84. The van der Waals surface area contributed by atoms with Gasteiger partial charge in [0, 0.05) is 6.54 Å². The lowest BCUT2D eigenvalue weighted by molar-refractivity contribution is -0.135. The van der Waals surface area contributed by atoms with Gasteiger partial charge in [0.1, 0.15) is 0 Å². The molecule has 5 nitrogen and oxygen atoms in total. The number of benzene rings is 1. The SMILES string of the molecule is C[C@H](O)COCNCC(=O)N1CCc2ccccc2[C@@H]1C1CCCCC1. The average Bonchev–Trinajstić information content (AvgIpc) is 2.67. The van der Waals surface area contributed by atoms with Gasteiger partial charge in [-0.1, -0.05) is 43.5 Å². The number of fused-ring (bicyclic) bond motifs is 1. The lowest BCUT2D eigenvalue weighted by atomic mass is 9.77. The van der Waals surface area contributed by atoms with Crippen molar-refractivity contribution in [1.82, 2.24) is 10.2 Å². The fourth-order valence-corrected chi connectivity index (χ4v) is 4.40. The summed E-state index contributed by atoms with van der Waals surface area (Å²) in [6.07, 6.45) is 6.75. The highest BCUT2D eigenvalue weighted by Gasteiger charge is 2.36. The molecule has 1 aromatic rings. The topological polar surface area (TPSA) is 61.8 Å². The molecular formula is C21H32N2O3. The van der Waals surface area contributed by atoms with Gasteiger partial charge in [-0.15, -0.1) is 0 Å². The Bertz CT molecular complexity index is 584. The van der Waals surface area contributed by atoms with E-state index in [2.05, 4.69) is 34.5 Å². The zero-order chi connectivity index (χ0) is 18.4. The molecule has 1 heterocycles. The first kappa shape index (κ1) is 19.3. The molecule has 1 amide bonds. The summed E-state index contributed by atoms with van der Waals surface area (Å²) in [5.41, 5.74) is 2.75. The van der Waals surface area contributed by atoms with Gasteiger partial charge in [-0.3, -0.25) is 10.1 Å². The molecule has 1 aliphatic carbocycles. The third-order valence-electron chi connectivity index (χ3n) is 5.59. The van der Waals surface area contributed by atoms with E-state index >= 15 is 0 Å². The summed E-state index contributed by atoms with van der Waals surface area (Å²) >= 11 is 0. The van der Waals surface area contributed by atoms with Crippen LogP contribution in [0.5, 0.6) is 0 Å². The van der Waals surface area contributed by atoms with Gasteiger partial charge in [0.15, 0.2) is 0 Å². The standard InChI is InChI=1S/C21H32N2O3/c1-16(24)14-26-15-22-13-20(25)23-12-11-17-7-5-6-10-19(17)21(23)18-8-3-2-4-9-18/h5-7,10,16,18,21-22,24H,2-4,8-9,11-15H2,1H3/t16-,21-/m0/s1. The molecular weight excluding hydrogens is 328 g/mol. The Kier molecular flexibility index (Phi) is 7.06. The first-order valence-electron chi connectivity index (χ1n) is 10.0. The lowest BCUT2D eigenvalue weighted by Crippen LogP contribution is -2.47. The van der Waals surface area contributed by atoms with E-state index in [4.69, 9.17) is 4.74 Å². The summed E-state index contributed by atoms with van der Waals surface area (Å²) in [7, 11) is 0. The largest absolute Gasteiger partial charge is 0.391 e. The van der Waals surface area contributed by atoms with Gasteiger partial charge < -0.3 is 14.7 Å². The quantitative estimate of drug-likeness (QED) is 0.580. The third-order valence-corrected chi connectivity index (χ3v) is 5.59. The average molecular weight is 360 g/mol. The van der Waals surface area contributed by atoms with E-state index in [1.54, 1.807) is 6.92 Å². The van der Waals surface area contributed by atoms with Crippen molar-refractivity contribution in [1.29, 1.82) is 0 Å². The number of carbonyl (C=O) groups is 1. The number of nitrogens with zero attached hydrogens (tertiary/aromatic N) is 1. The van der Waals surface area contributed by atoms with Crippen LogP contribution in [0.4, 0.5) is 0 Å². The van der Waals surface area contributed by atoms with Crippen molar-refractivity contribution in [3.8, 4) is 0 Å². The second-order valence-corrected chi connectivity index (χ2v) is 7.67. The second-order valence-electron chi connectivity index (χ2n) is 7.67. The first-order chi connectivity index (χ1) is 12.7. The van der Waals surface area contributed by atoms with Gasteiger partial charge in [0.2, 0.25) is 5.91 Å². The van der Waals surface area contributed by atoms with Crippen molar-refractivity contribution >= 4 is 5.91 Å². The minimum atomic E-state index is -0.484. The normalized spacial score (nSPS) is 22.1. The predicted molar refractivity (Wildman–Crippen MR) is 102 cm³/mol. The van der Waals surface area contributed by atoms with Crippen molar-refractivity contribution in [2.45, 2.75) is 57.6 Å². The molecule has 1 saturated carbocycles. The summed E-state index contributed by atoms with van der Waals surface area (Å²) in [6, 6.07) is 8.86. The molecule has 0 radical (unpaired) electrons. The van der Waals surface area contributed by atoms with E-state index in [-0.39, 0.29) is 31.8 Å². The van der Waals surface area contributed by atoms with E-state index in [1.165, 1.54) is 43.2 Å². The maximum Gasteiger partial charge on any atom is 0.237 e. The Balaban J connectivity index is 1.65. The Hall–Kier alpha value is -1.43. The fraction of sp³-hybridized carbons (Fsp3) is 0.667. The van der Waals surface area contributed by atoms with Crippen LogP contribution in [0.25, 0.3) is 0 Å². The smallest absolute Gasteiger partial charge is 0.237 e. The number of carbonyl (C=O) groups excluding carboxylic acids is 1. The molecule has 26 heavy (non-hydrogen) atoms. The number of hydrogen-bond donors (Lipinski definition) is 2. The minimum absolute atomic E-state index is 0.149. The number of amides is 1. The van der Waals surface area contributed by atoms with E-state index < -0.39 is 6.10 Å². The Labute approximate surface area is 156 Å². The van der Waals surface area contributed by atoms with Gasteiger partial charge in [-0.25, -0.2) is 0 Å². The van der Waals surface area contributed by atoms with E-state index in [1.807, 2.05) is 0 Å². The summed E-state index contributed by atoms with van der Waals surface area (Å²) in [5, 5.41) is 12.3. The van der Waals surface area contributed by atoms with Crippen LogP contribution in [-0.2, 0) is 16.0 Å². The summed E-state index contributed by atoms with van der Waals surface area (Å²) in [6.45, 7) is 3.33. The van der Waals surface area contributed by atoms with Gasteiger partial charge in [-0.05, 0) is 43.2 Å². The molecule has 3 rings (SSSR count). The first-order valence-corrected chi connectivity index (χ1v) is 10.0. The van der Waals surface area contributed by atoms with E-state index in [0.717, 1.165) is 13.0 Å². The number of rotatable bonds is 7. The Morgan fingerprint density at radius 1 is 1.31 bits per heavy atom. The van der Waals surface area contributed by atoms with Gasteiger partial charge >= 0.3 is 0 Å². The zero-order valence-corrected chi connectivity index (χ0v) is 15.8. The van der Waals surface area contributed by atoms with Crippen LogP contribution in [-0.4, -0.2) is 48.4 Å². The summed E-state index contributed by atoms with van der Waals surface area (Å²) in [4.78, 5) is 15.0. The van der Waals surface area contributed by atoms with Crippen molar-refractivity contribution in [3.63, 3.8) is 0 Å². The number of nitrogens with one attached hydrogen (secondary N) is 1. The number of aliphatic hydroxyl groups excluding tert-OH is 1. The zero-order valence-electron chi connectivity index (χ0n) is 15.8. The highest BCUT2D eigenvalue weighted by atomic mass is 16.5. The molecule has 0 bridgehead atoms. The summed E-state index contributed by atoms with van der Waals surface area (Å²) in [5.74, 6) is 0.719. The monoisotopic (exact) mass is 360 g/mol. The molecule has 0 unspecified atom stereocenters. The molecule has 0 saturated heterocycles. The fourth-order valence-electron chi connectivity index (χ4n) is 4.40.